The number of hydrogen-bond donors (Lipinski definition) is 1. The number of H-pyrrole nitrogens is 1. The Morgan fingerprint density at radius 3 is 2.94 bits per heavy atom. The van der Waals surface area contributed by atoms with E-state index < -0.39 is 10.9 Å². The van der Waals surface area contributed by atoms with Crippen LogP contribution >= 0.6 is 0 Å². The molecule has 0 saturated heterocycles. The summed E-state index contributed by atoms with van der Waals surface area (Å²) in [5.74, 6) is -0.608. The lowest BCUT2D eigenvalue weighted by molar-refractivity contribution is -0.383. The average Bonchev–Trinajstić information content (AvgIpc) is 2.71. The Kier molecular flexibility index (Phi) is 2.28. The highest BCUT2D eigenvalue weighted by atomic mass is 16.6. The molecule has 7 nitrogen and oxygen atoms in total. The van der Waals surface area contributed by atoms with E-state index in [1.165, 1.54) is 19.2 Å². The fourth-order valence-electron chi connectivity index (χ4n) is 1.43. The quantitative estimate of drug-likeness (QED) is 0.467. The molecule has 1 aromatic carbocycles. The first kappa shape index (κ1) is 10.1. The van der Waals surface area contributed by atoms with Crippen LogP contribution in [0.4, 0.5) is 5.69 Å². The number of para-hydroxylation sites is 1. The molecule has 0 spiro atoms. The van der Waals surface area contributed by atoms with Crippen LogP contribution < -0.4 is 0 Å². The van der Waals surface area contributed by atoms with Crippen molar-refractivity contribution in [2.45, 2.75) is 0 Å². The summed E-state index contributed by atoms with van der Waals surface area (Å²) in [5.41, 5.74) is 0.109. The number of nitrogens with one attached hydrogen (secondary N) is 1. The maximum atomic E-state index is 11.3. The van der Waals surface area contributed by atoms with Crippen LogP contribution in [0.5, 0.6) is 0 Å². The number of rotatable bonds is 2. The molecule has 82 valence electrons. The molecular formula is C9H7N3O4. The Balaban J connectivity index is 2.71. The molecule has 7 heteroatoms. The number of non-ortho nitro benzene ring substituents is 1. The highest BCUT2D eigenvalue weighted by Crippen LogP contribution is 2.25. The van der Waals surface area contributed by atoms with Gasteiger partial charge >= 0.3 is 5.97 Å². The highest BCUT2D eigenvalue weighted by Gasteiger charge is 2.20. The van der Waals surface area contributed by atoms with Gasteiger partial charge < -0.3 is 4.74 Å². The summed E-state index contributed by atoms with van der Waals surface area (Å²) in [7, 11) is 1.23. The number of aromatic nitrogens is 2. The summed E-state index contributed by atoms with van der Waals surface area (Å²) >= 11 is 0. The Morgan fingerprint density at radius 1 is 1.56 bits per heavy atom. The number of benzene rings is 1. The van der Waals surface area contributed by atoms with E-state index >= 15 is 0 Å². The molecule has 0 bridgehead atoms. The van der Waals surface area contributed by atoms with Gasteiger partial charge in [-0.3, -0.25) is 15.2 Å². The van der Waals surface area contributed by atoms with Crippen LogP contribution in [0.2, 0.25) is 0 Å². The van der Waals surface area contributed by atoms with E-state index in [0.717, 1.165) is 0 Å². The van der Waals surface area contributed by atoms with Crippen molar-refractivity contribution < 1.29 is 14.5 Å². The monoisotopic (exact) mass is 221 g/mol. The summed E-state index contributed by atoms with van der Waals surface area (Å²) in [6.45, 7) is 0. The minimum Gasteiger partial charge on any atom is -0.464 e. The van der Waals surface area contributed by atoms with E-state index in [-0.39, 0.29) is 16.9 Å². The van der Waals surface area contributed by atoms with Crippen molar-refractivity contribution in [3.05, 3.63) is 34.0 Å². The molecule has 1 aromatic heterocycles. The smallest absolute Gasteiger partial charge is 0.356 e. The van der Waals surface area contributed by atoms with Crippen LogP contribution in [0, 0.1) is 10.1 Å². The molecule has 0 unspecified atom stereocenters. The molecular weight excluding hydrogens is 214 g/mol. The second-order valence-electron chi connectivity index (χ2n) is 3.02. The number of carbonyl (C=O) groups is 1. The van der Waals surface area contributed by atoms with Crippen LogP contribution in [0.1, 0.15) is 10.5 Å². The zero-order chi connectivity index (χ0) is 11.7. The maximum Gasteiger partial charge on any atom is 0.356 e. The SMILES string of the molecule is COC(=O)c1[nH]nc2c([N+](=O)[O-])cccc12. The number of ether oxygens (including phenoxy) is 1. The number of hydrogen-bond acceptors (Lipinski definition) is 5. The Hall–Kier alpha value is -2.44. The highest BCUT2D eigenvalue weighted by molar-refractivity contribution is 6.04. The lowest BCUT2D eigenvalue weighted by Gasteiger charge is -1.95. The van der Waals surface area contributed by atoms with Gasteiger partial charge in [0.15, 0.2) is 11.2 Å². The van der Waals surface area contributed by atoms with E-state index in [4.69, 9.17) is 0 Å². The third-order valence-corrected chi connectivity index (χ3v) is 2.15. The minimum atomic E-state index is -0.608. The fourth-order valence-corrected chi connectivity index (χ4v) is 1.43. The summed E-state index contributed by atoms with van der Waals surface area (Å²) in [4.78, 5) is 21.5. The van der Waals surface area contributed by atoms with Gasteiger partial charge in [-0.2, -0.15) is 5.10 Å². The molecule has 0 amide bonds. The molecule has 0 radical (unpaired) electrons. The lowest BCUT2D eigenvalue weighted by Crippen LogP contribution is -2.01. The molecule has 0 fully saturated rings. The predicted molar refractivity (Wildman–Crippen MR) is 54.1 cm³/mol. The van der Waals surface area contributed by atoms with Gasteiger partial charge in [0.05, 0.1) is 12.0 Å². The predicted octanol–water partition coefficient (Wildman–Crippen LogP) is 1.26. The Morgan fingerprint density at radius 2 is 2.31 bits per heavy atom. The van der Waals surface area contributed by atoms with E-state index in [2.05, 4.69) is 14.9 Å². The molecule has 16 heavy (non-hydrogen) atoms. The molecule has 0 aliphatic rings. The standard InChI is InChI=1S/C9H7N3O4/c1-16-9(13)8-5-3-2-4-6(12(14)15)7(5)10-11-8/h2-4H,1H3,(H,10,11). The van der Waals surface area contributed by atoms with Gasteiger partial charge in [0.1, 0.15) is 0 Å². The number of methoxy groups -OCH3 is 1. The average molecular weight is 221 g/mol. The second kappa shape index (κ2) is 3.61. The first-order valence-corrected chi connectivity index (χ1v) is 4.35. The van der Waals surface area contributed by atoms with Crippen molar-refractivity contribution >= 4 is 22.6 Å². The summed E-state index contributed by atoms with van der Waals surface area (Å²) in [6.07, 6.45) is 0. The number of nitrogens with zero attached hydrogens (tertiary/aromatic N) is 2. The van der Waals surface area contributed by atoms with E-state index in [0.29, 0.717) is 5.39 Å². The first-order valence-electron chi connectivity index (χ1n) is 4.35. The van der Waals surface area contributed by atoms with Gasteiger partial charge in [0.25, 0.3) is 5.69 Å². The van der Waals surface area contributed by atoms with Crippen molar-refractivity contribution in [2.24, 2.45) is 0 Å². The molecule has 0 aliphatic carbocycles. The van der Waals surface area contributed by atoms with Crippen molar-refractivity contribution in [3.8, 4) is 0 Å². The Bertz CT molecular complexity index is 575. The van der Waals surface area contributed by atoms with E-state index in [9.17, 15) is 14.9 Å². The van der Waals surface area contributed by atoms with E-state index in [1.807, 2.05) is 0 Å². The molecule has 2 aromatic rings. The molecule has 0 atom stereocenters. The summed E-state index contributed by atoms with van der Waals surface area (Å²) < 4.78 is 4.52. The number of esters is 1. The van der Waals surface area contributed by atoms with Gasteiger partial charge in [0, 0.05) is 11.5 Å². The molecule has 1 heterocycles. The molecule has 2 rings (SSSR count). The molecule has 1 N–H and O–H groups in total. The zero-order valence-corrected chi connectivity index (χ0v) is 8.26. The number of nitro benzene ring substituents is 1. The Labute approximate surface area is 89.2 Å². The van der Waals surface area contributed by atoms with Crippen LogP contribution in [0.3, 0.4) is 0 Å². The second-order valence-corrected chi connectivity index (χ2v) is 3.02. The van der Waals surface area contributed by atoms with Crippen molar-refractivity contribution in [3.63, 3.8) is 0 Å². The fraction of sp³-hybridized carbons (Fsp3) is 0.111. The van der Waals surface area contributed by atoms with Gasteiger partial charge in [-0.05, 0) is 6.07 Å². The van der Waals surface area contributed by atoms with Crippen LogP contribution in [0.25, 0.3) is 10.9 Å². The third kappa shape index (κ3) is 1.38. The maximum absolute atomic E-state index is 11.3. The largest absolute Gasteiger partial charge is 0.464 e. The number of aromatic amines is 1. The van der Waals surface area contributed by atoms with Gasteiger partial charge in [-0.1, -0.05) is 6.07 Å². The number of carbonyl (C=O) groups excluding carboxylic acids is 1. The van der Waals surface area contributed by atoms with Crippen LogP contribution in [-0.2, 0) is 4.74 Å². The van der Waals surface area contributed by atoms with Gasteiger partial charge in [0.2, 0.25) is 0 Å². The third-order valence-electron chi connectivity index (χ3n) is 2.15. The molecule has 0 saturated carbocycles. The topological polar surface area (TPSA) is 98.1 Å². The van der Waals surface area contributed by atoms with Crippen LogP contribution in [0.15, 0.2) is 18.2 Å². The van der Waals surface area contributed by atoms with Gasteiger partial charge in [-0.25, -0.2) is 4.79 Å². The van der Waals surface area contributed by atoms with Gasteiger partial charge in [-0.15, -0.1) is 0 Å². The van der Waals surface area contributed by atoms with E-state index in [1.54, 1.807) is 6.07 Å². The first-order chi connectivity index (χ1) is 7.65. The van der Waals surface area contributed by atoms with Crippen molar-refractivity contribution in [1.29, 1.82) is 0 Å². The number of fused-ring (bicyclic) bond motifs is 1. The minimum absolute atomic E-state index is 0.112. The zero-order valence-electron chi connectivity index (χ0n) is 8.26. The summed E-state index contributed by atoms with van der Waals surface area (Å²) in [6, 6.07) is 4.38. The lowest BCUT2D eigenvalue weighted by atomic mass is 10.2. The summed E-state index contributed by atoms with van der Waals surface area (Å²) in [5, 5.41) is 17.2. The van der Waals surface area contributed by atoms with Crippen molar-refractivity contribution in [1.82, 2.24) is 10.2 Å². The number of nitro groups is 1. The van der Waals surface area contributed by atoms with Crippen LogP contribution in [-0.4, -0.2) is 28.2 Å². The molecule has 0 aliphatic heterocycles. The normalized spacial score (nSPS) is 10.3. The van der Waals surface area contributed by atoms with Crippen molar-refractivity contribution in [2.75, 3.05) is 7.11 Å².